The van der Waals surface area contributed by atoms with E-state index in [0.717, 1.165) is 0 Å². The number of benzene rings is 1. The summed E-state index contributed by atoms with van der Waals surface area (Å²) < 4.78 is 19.9. The molecule has 1 aromatic rings. The van der Waals surface area contributed by atoms with Crippen LogP contribution in [0.3, 0.4) is 0 Å². The van der Waals surface area contributed by atoms with Crippen LogP contribution in [0.15, 0.2) is 18.2 Å². The summed E-state index contributed by atoms with van der Waals surface area (Å²) in [7, 11) is 0. The highest BCUT2D eigenvalue weighted by atomic mass is 35.5. The normalized spacial score (nSPS) is 26.4. The van der Waals surface area contributed by atoms with Crippen molar-refractivity contribution in [2.24, 2.45) is 5.92 Å². The van der Waals surface area contributed by atoms with E-state index in [1.54, 1.807) is 6.07 Å². The van der Waals surface area contributed by atoms with E-state index in [-0.39, 0.29) is 22.1 Å². The Morgan fingerprint density at radius 1 is 1.37 bits per heavy atom. The fourth-order valence-corrected chi connectivity index (χ4v) is 3.37. The summed E-state index contributed by atoms with van der Waals surface area (Å²) in [6.45, 7) is 7.80. The largest absolute Gasteiger partial charge is 0.388 e. The van der Waals surface area contributed by atoms with Crippen LogP contribution in [-0.2, 0) is 4.74 Å². The minimum Gasteiger partial charge on any atom is -0.388 e. The van der Waals surface area contributed by atoms with E-state index in [1.807, 2.05) is 27.7 Å². The molecule has 1 aliphatic rings. The van der Waals surface area contributed by atoms with E-state index in [0.29, 0.717) is 6.42 Å². The molecule has 0 saturated carbocycles. The van der Waals surface area contributed by atoms with Crippen molar-refractivity contribution in [2.45, 2.75) is 51.4 Å². The molecule has 0 aromatic heterocycles. The highest BCUT2D eigenvalue weighted by molar-refractivity contribution is 6.31. The average molecular weight is 287 g/mol. The van der Waals surface area contributed by atoms with Crippen LogP contribution in [-0.4, -0.2) is 16.3 Å². The molecule has 2 atom stereocenters. The predicted octanol–water partition coefficient (Wildman–Crippen LogP) is 4.11. The van der Waals surface area contributed by atoms with Gasteiger partial charge in [0.15, 0.2) is 0 Å². The smallest absolute Gasteiger partial charge is 0.130 e. The van der Waals surface area contributed by atoms with Crippen LogP contribution in [0.1, 0.15) is 45.8 Å². The molecule has 1 aliphatic heterocycles. The van der Waals surface area contributed by atoms with Gasteiger partial charge in [0, 0.05) is 16.5 Å². The molecule has 106 valence electrons. The molecule has 0 spiro atoms. The Balaban J connectivity index is 2.37. The van der Waals surface area contributed by atoms with Crippen LogP contribution in [0.2, 0.25) is 5.02 Å². The summed E-state index contributed by atoms with van der Waals surface area (Å²) in [5, 5.41) is 10.8. The molecule has 0 aliphatic carbocycles. The highest BCUT2D eigenvalue weighted by Crippen LogP contribution is 2.48. The van der Waals surface area contributed by atoms with Gasteiger partial charge in [-0.15, -0.1) is 0 Å². The van der Waals surface area contributed by atoms with Crippen molar-refractivity contribution >= 4 is 11.6 Å². The van der Waals surface area contributed by atoms with Crippen molar-refractivity contribution in [3.05, 3.63) is 34.6 Å². The Labute approximate surface area is 118 Å². The van der Waals surface area contributed by atoms with Crippen LogP contribution in [0.25, 0.3) is 0 Å². The second kappa shape index (κ2) is 4.72. The monoisotopic (exact) mass is 286 g/mol. The van der Waals surface area contributed by atoms with Gasteiger partial charge in [0.05, 0.1) is 17.3 Å². The molecule has 0 bridgehead atoms. The zero-order chi connectivity index (χ0) is 14.4. The molecule has 2 unspecified atom stereocenters. The second-order valence-electron chi connectivity index (χ2n) is 6.36. The summed E-state index contributed by atoms with van der Waals surface area (Å²) in [6.07, 6.45) is -0.309. The van der Waals surface area contributed by atoms with Gasteiger partial charge in [-0.2, -0.15) is 0 Å². The Bertz CT molecular complexity index is 465. The van der Waals surface area contributed by atoms with Crippen molar-refractivity contribution in [2.75, 3.05) is 0 Å². The lowest BCUT2D eigenvalue weighted by atomic mass is 9.80. The lowest BCUT2D eigenvalue weighted by Crippen LogP contribution is -2.33. The van der Waals surface area contributed by atoms with Crippen LogP contribution in [0.4, 0.5) is 4.39 Å². The molecule has 19 heavy (non-hydrogen) atoms. The molecule has 1 saturated heterocycles. The molecule has 1 aromatic carbocycles. The summed E-state index contributed by atoms with van der Waals surface area (Å²) in [4.78, 5) is 0. The number of aliphatic hydroxyl groups is 1. The standard InChI is InChI=1S/C15H20ClFO2/c1-14(2)8-9(15(3,4)19-14)13(18)12-10(16)6-5-7-11(12)17/h5-7,9,13,18H,8H2,1-4H3. The van der Waals surface area contributed by atoms with E-state index in [1.165, 1.54) is 12.1 Å². The van der Waals surface area contributed by atoms with E-state index in [4.69, 9.17) is 16.3 Å². The first-order valence-corrected chi connectivity index (χ1v) is 6.84. The minimum absolute atomic E-state index is 0.170. The van der Waals surface area contributed by atoms with Gasteiger partial charge in [0.1, 0.15) is 5.82 Å². The maximum absolute atomic E-state index is 13.9. The van der Waals surface area contributed by atoms with Gasteiger partial charge in [-0.3, -0.25) is 0 Å². The maximum Gasteiger partial charge on any atom is 0.130 e. The topological polar surface area (TPSA) is 29.5 Å². The first kappa shape index (κ1) is 14.8. The molecule has 1 fully saturated rings. The third kappa shape index (κ3) is 2.78. The van der Waals surface area contributed by atoms with Gasteiger partial charge in [-0.25, -0.2) is 4.39 Å². The van der Waals surface area contributed by atoms with Crippen LogP contribution < -0.4 is 0 Å². The minimum atomic E-state index is -0.967. The lowest BCUT2D eigenvalue weighted by Gasteiger charge is -2.30. The molecular weight excluding hydrogens is 267 g/mol. The molecule has 0 amide bonds. The fraction of sp³-hybridized carbons (Fsp3) is 0.600. The summed E-state index contributed by atoms with van der Waals surface area (Å²) in [5.41, 5.74) is -0.676. The molecule has 1 heterocycles. The quantitative estimate of drug-likeness (QED) is 0.887. The molecule has 2 nitrogen and oxygen atoms in total. The number of rotatable bonds is 2. The van der Waals surface area contributed by atoms with Gasteiger partial charge < -0.3 is 9.84 Å². The van der Waals surface area contributed by atoms with Crippen molar-refractivity contribution < 1.29 is 14.2 Å². The molecule has 1 N–H and O–H groups in total. The average Bonchev–Trinajstić information content (AvgIpc) is 2.46. The third-order valence-electron chi connectivity index (χ3n) is 3.82. The summed E-state index contributed by atoms with van der Waals surface area (Å²) in [5.74, 6) is -0.669. The number of hydrogen-bond acceptors (Lipinski definition) is 2. The van der Waals surface area contributed by atoms with Crippen LogP contribution >= 0.6 is 11.6 Å². The van der Waals surface area contributed by atoms with Crippen LogP contribution in [0.5, 0.6) is 0 Å². The predicted molar refractivity (Wildman–Crippen MR) is 73.7 cm³/mol. The van der Waals surface area contributed by atoms with E-state index in [9.17, 15) is 9.50 Å². The second-order valence-corrected chi connectivity index (χ2v) is 6.76. The zero-order valence-corrected chi connectivity index (χ0v) is 12.5. The van der Waals surface area contributed by atoms with Crippen molar-refractivity contribution in [1.82, 2.24) is 0 Å². The Morgan fingerprint density at radius 3 is 2.47 bits per heavy atom. The van der Waals surface area contributed by atoms with Gasteiger partial charge in [0.25, 0.3) is 0 Å². The fourth-order valence-electron chi connectivity index (χ4n) is 3.09. The zero-order valence-electron chi connectivity index (χ0n) is 11.7. The number of halogens is 2. The maximum atomic E-state index is 13.9. The van der Waals surface area contributed by atoms with Gasteiger partial charge in [-0.05, 0) is 46.2 Å². The lowest BCUT2D eigenvalue weighted by molar-refractivity contribution is -0.0882. The SMILES string of the molecule is CC1(C)CC(C(O)c2c(F)cccc2Cl)C(C)(C)O1. The van der Waals surface area contributed by atoms with Crippen molar-refractivity contribution in [3.63, 3.8) is 0 Å². The van der Waals surface area contributed by atoms with Gasteiger partial charge >= 0.3 is 0 Å². The Kier molecular flexibility index (Phi) is 3.67. The first-order valence-electron chi connectivity index (χ1n) is 6.46. The third-order valence-corrected chi connectivity index (χ3v) is 4.15. The van der Waals surface area contributed by atoms with E-state index < -0.39 is 17.5 Å². The Morgan fingerprint density at radius 2 is 2.00 bits per heavy atom. The van der Waals surface area contributed by atoms with Gasteiger partial charge in [-0.1, -0.05) is 17.7 Å². The first-order chi connectivity index (χ1) is 8.64. The van der Waals surface area contributed by atoms with Crippen molar-refractivity contribution in [3.8, 4) is 0 Å². The summed E-state index contributed by atoms with van der Waals surface area (Å²) >= 11 is 6.03. The van der Waals surface area contributed by atoms with E-state index >= 15 is 0 Å². The molecule has 4 heteroatoms. The Hall–Kier alpha value is -0.640. The van der Waals surface area contributed by atoms with Gasteiger partial charge in [0.2, 0.25) is 0 Å². The molecule has 2 rings (SSSR count). The van der Waals surface area contributed by atoms with Crippen LogP contribution in [0, 0.1) is 11.7 Å². The number of aliphatic hydroxyl groups excluding tert-OH is 1. The number of ether oxygens (including phenoxy) is 1. The number of hydrogen-bond donors (Lipinski definition) is 1. The van der Waals surface area contributed by atoms with E-state index in [2.05, 4.69) is 0 Å². The summed E-state index contributed by atoms with van der Waals surface area (Å²) in [6, 6.07) is 4.45. The molecule has 0 radical (unpaired) electrons. The molecular formula is C15H20ClFO2. The highest BCUT2D eigenvalue weighted by Gasteiger charge is 2.49. The van der Waals surface area contributed by atoms with Crippen molar-refractivity contribution in [1.29, 1.82) is 0 Å².